The second-order valence-electron chi connectivity index (χ2n) is 12.9. The number of carbonyl (C=O) groups is 1. The van der Waals surface area contributed by atoms with Crippen LogP contribution in [0.4, 0.5) is 0 Å². The number of fused-ring (bicyclic) bond motifs is 2. The van der Waals surface area contributed by atoms with Crippen molar-refractivity contribution in [2.75, 3.05) is 41.2 Å². The average molecular weight is 611 g/mol. The molecule has 0 aromatic rings. The minimum absolute atomic E-state index is 0.167. The number of aliphatic hydroxyl groups excluding tert-OH is 2. The first-order chi connectivity index (χ1) is 20.1. The molecular weight excluding hydrogens is 556 g/mol. The number of allylic oxidation sites excluding steroid dienone is 1. The summed E-state index contributed by atoms with van der Waals surface area (Å²) >= 11 is 0. The Kier molecular flexibility index (Phi) is 11.2. The largest absolute Gasteiger partial charge is 0.459 e. The van der Waals surface area contributed by atoms with E-state index in [0.717, 1.165) is 23.7 Å². The van der Waals surface area contributed by atoms with E-state index in [1.54, 1.807) is 21.3 Å². The minimum atomic E-state index is -2.06. The molecule has 12 atom stereocenters. The van der Waals surface area contributed by atoms with Crippen LogP contribution in [-0.4, -0.2) is 102 Å². The quantitative estimate of drug-likeness (QED) is 0.194. The lowest BCUT2D eigenvalue weighted by molar-refractivity contribution is -0.248. The molecule has 2 aliphatic carbocycles. The summed E-state index contributed by atoms with van der Waals surface area (Å²) in [5, 5.41) is 23.0. The summed E-state index contributed by atoms with van der Waals surface area (Å²) in [4.78, 5) is 14.2. The molecule has 1 spiro atoms. The van der Waals surface area contributed by atoms with Crippen molar-refractivity contribution < 1.29 is 43.1 Å². The highest BCUT2D eigenvalue weighted by Gasteiger charge is 2.66. The third-order valence-corrected chi connectivity index (χ3v) is 15.7. The Morgan fingerprint density at radius 1 is 1.02 bits per heavy atom. The summed E-state index contributed by atoms with van der Waals surface area (Å²) in [6, 6.07) is 2.92. The Bertz CT molecular complexity index is 975. The standard InChI is InChI=1S/C32H54O9Si/c1-9-42(10-2,11-3)41-26(18-38-8)30-19(4)14-20(5)32-23(21(16-36-6)31(35)40-30)12-13-27(32)39-25-15-24(32)28(33)22(17-37-7)29(25)34/h12-14,19,21-30,33-34H,9-11,15-18H2,1-8H3. The summed E-state index contributed by atoms with van der Waals surface area (Å²) in [6.07, 6.45) is 3.27. The van der Waals surface area contributed by atoms with Gasteiger partial charge >= 0.3 is 5.97 Å². The molecule has 10 heteroatoms. The third-order valence-electron chi connectivity index (χ3n) is 11.0. The molecule has 1 saturated heterocycles. The Labute approximate surface area is 253 Å². The van der Waals surface area contributed by atoms with Crippen molar-refractivity contribution in [1.29, 1.82) is 0 Å². The van der Waals surface area contributed by atoms with Gasteiger partial charge in [-0.1, -0.05) is 51.5 Å². The number of esters is 1. The maximum atomic E-state index is 14.2. The van der Waals surface area contributed by atoms with Gasteiger partial charge in [0.25, 0.3) is 0 Å². The summed E-state index contributed by atoms with van der Waals surface area (Å²) in [6.45, 7) is 11.4. The minimum Gasteiger partial charge on any atom is -0.459 e. The Balaban J connectivity index is 1.83. The second kappa shape index (κ2) is 13.9. The Morgan fingerprint density at radius 2 is 1.69 bits per heavy atom. The van der Waals surface area contributed by atoms with Crippen molar-refractivity contribution in [1.82, 2.24) is 0 Å². The van der Waals surface area contributed by atoms with Crippen molar-refractivity contribution in [3.05, 3.63) is 23.8 Å². The van der Waals surface area contributed by atoms with Gasteiger partial charge in [-0.25, -0.2) is 0 Å². The Morgan fingerprint density at radius 3 is 2.29 bits per heavy atom. The zero-order valence-corrected chi connectivity index (χ0v) is 27.8. The van der Waals surface area contributed by atoms with E-state index in [0.29, 0.717) is 13.0 Å². The van der Waals surface area contributed by atoms with Gasteiger partial charge in [0.1, 0.15) is 12.2 Å². The molecule has 0 radical (unpaired) electrons. The smallest absolute Gasteiger partial charge is 0.312 e. The highest BCUT2D eigenvalue weighted by molar-refractivity contribution is 6.73. The van der Waals surface area contributed by atoms with E-state index in [4.69, 9.17) is 28.1 Å². The third kappa shape index (κ3) is 5.71. The monoisotopic (exact) mass is 610 g/mol. The fraction of sp³-hybridized carbons (Fsp3) is 0.844. The average Bonchev–Trinajstić information content (AvgIpc) is 3.38. The summed E-state index contributed by atoms with van der Waals surface area (Å²) in [7, 11) is 2.77. The predicted octanol–water partition coefficient (Wildman–Crippen LogP) is 3.74. The number of methoxy groups -OCH3 is 3. The molecule has 12 unspecified atom stereocenters. The molecule has 4 rings (SSSR count). The van der Waals surface area contributed by atoms with Gasteiger partial charge in [0, 0.05) is 50.4 Å². The number of carbonyl (C=O) groups excluding carboxylic acids is 1. The lowest BCUT2D eigenvalue weighted by Crippen LogP contribution is -2.66. The van der Waals surface area contributed by atoms with Crippen LogP contribution in [0.25, 0.3) is 0 Å². The molecule has 2 aliphatic heterocycles. The first-order valence-electron chi connectivity index (χ1n) is 15.8. The summed E-state index contributed by atoms with van der Waals surface area (Å²) in [5.74, 6) is -2.24. The van der Waals surface area contributed by atoms with Crippen molar-refractivity contribution in [3.8, 4) is 0 Å². The van der Waals surface area contributed by atoms with Gasteiger partial charge in [-0.3, -0.25) is 4.79 Å². The van der Waals surface area contributed by atoms with Crippen LogP contribution in [0.15, 0.2) is 23.8 Å². The molecule has 2 bridgehead atoms. The molecule has 0 aromatic carbocycles. The highest BCUT2D eigenvalue weighted by atomic mass is 28.4. The molecule has 240 valence electrons. The van der Waals surface area contributed by atoms with Gasteiger partial charge in [-0.2, -0.15) is 0 Å². The van der Waals surface area contributed by atoms with Crippen LogP contribution in [0, 0.1) is 35.0 Å². The van der Waals surface area contributed by atoms with Crippen LogP contribution in [0.1, 0.15) is 41.0 Å². The maximum absolute atomic E-state index is 14.2. The molecule has 2 fully saturated rings. The van der Waals surface area contributed by atoms with E-state index in [2.05, 4.69) is 46.8 Å². The molecule has 9 nitrogen and oxygen atoms in total. The van der Waals surface area contributed by atoms with Crippen LogP contribution in [0.5, 0.6) is 0 Å². The van der Waals surface area contributed by atoms with E-state index in [9.17, 15) is 15.0 Å². The number of hydrogen-bond donors (Lipinski definition) is 2. The molecule has 0 amide bonds. The van der Waals surface area contributed by atoms with Gasteiger partial charge in [-0.15, -0.1) is 0 Å². The molecule has 2 N–H and O–H groups in total. The predicted molar refractivity (Wildman–Crippen MR) is 161 cm³/mol. The van der Waals surface area contributed by atoms with Crippen molar-refractivity contribution in [2.24, 2.45) is 35.0 Å². The second-order valence-corrected chi connectivity index (χ2v) is 17.6. The highest BCUT2D eigenvalue weighted by Crippen LogP contribution is 2.62. The van der Waals surface area contributed by atoms with Crippen molar-refractivity contribution in [2.45, 2.75) is 95.8 Å². The van der Waals surface area contributed by atoms with Gasteiger partial charge in [-0.05, 0) is 31.5 Å². The Hall–Kier alpha value is -1.11. The molecule has 0 aromatic heterocycles. The fourth-order valence-electron chi connectivity index (χ4n) is 8.64. The number of aliphatic hydroxyl groups is 2. The van der Waals surface area contributed by atoms with E-state index in [1.165, 1.54) is 0 Å². The van der Waals surface area contributed by atoms with Crippen LogP contribution in [-0.2, 0) is 32.9 Å². The van der Waals surface area contributed by atoms with Crippen LogP contribution >= 0.6 is 0 Å². The van der Waals surface area contributed by atoms with Gasteiger partial charge in [0.15, 0.2) is 8.32 Å². The topological polar surface area (TPSA) is 113 Å². The lowest BCUT2D eigenvalue weighted by Gasteiger charge is -2.59. The van der Waals surface area contributed by atoms with Gasteiger partial charge < -0.3 is 38.3 Å². The van der Waals surface area contributed by atoms with Crippen molar-refractivity contribution in [3.63, 3.8) is 0 Å². The SMILES string of the molecule is CC[Si](CC)(CC)OC(COC)C1OC(=O)C(COC)C2C=CC3OC4CC(C(O)C(COC)C4O)C32C(C)=CC1C. The molecule has 1 saturated carbocycles. The van der Waals surface area contributed by atoms with Crippen molar-refractivity contribution >= 4 is 14.3 Å². The van der Waals surface area contributed by atoms with E-state index in [1.807, 2.05) is 6.08 Å². The molecule has 4 aliphatic rings. The molecular formula is C32H54O9Si. The summed E-state index contributed by atoms with van der Waals surface area (Å²) < 4.78 is 36.7. The number of ether oxygens (including phenoxy) is 5. The van der Waals surface area contributed by atoms with E-state index >= 15 is 0 Å². The number of cyclic esters (lactones) is 1. The van der Waals surface area contributed by atoms with Crippen LogP contribution < -0.4 is 0 Å². The fourth-order valence-corrected chi connectivity index (χ4v) is 11.5. The van der Waals surface area contributed by atoms with Gasteiger partial charge in [0.05, 0.1) is 50.2 Å². The van der Waals surface area contributed by atoms with Gasteiger partial charge in [0.2, 0.25) is 0 Å². The van der Waals surface area contributed by atoms with E-state index in [-0.39, 0.29) is 36.9 Å². The van der Waals surface area contributed by atoms with E-state index < -0.39 is 62.2 Å². The first kappa shape index (κ1) is 33.8. The number of hydrogen-bond acceptors (Lipinski definition) is 9. The van der Waals surface area contributed by atoms with Crippen LogP contribution in [0.2, 0.25) is 18.1 Å². The number of rotatable bonds is 12. The normalized spacial score (nSPS) is 40.7. The molecule has 2 heterocycles. The van der Waals surface area contributed by atoms with Crippen LogP contribution in [0.3, 0.4) is 0 Å². The summed E-state index contributed by atoms with van der Waals surface area (Å²) in [5.41, 5.74) is 0.343. The maximum Gasteiger partial charge on any atom is 0.312 e. The first-order valence-corrected chi connectivity index (χ1v) is 18.4. The zero-order chi connectivity index (χ0) is 30.8. The zero-order valence-electron chi connectivity index (χ0n) is 26.8. The lowest BCUT2D eigenvalue weighted by atomic mass is 9.51. The molecule has 42 heavy (non-hydrogen) atoms.